The number of aromatic nitrogens is 2. The van der Waals surface area contributed by atoms with Crippen LogP contribution in [0.4, 0.5) is 0 Å². The van der Waals surface area contributed by atoms with E-state index in [2.05, 4.69) is 37.4 Å². The monoisotopic (exact) mass is 251 g/mol. The highest BCUT2D eigenvalue weighted by Crippen LogP contribution is 2.19. The molecule has 18 heavy (non-hydrogen) atoms. The van der Waals surface area contributed by atoms with Gasteiger partial charge in [-0.1, -0.05) is 13.8 Å². The van der Waals surface area contributed by atoms with Crippen LogP contribution >= 0.6 is 0 Å². The lowest BCUT2D eigenvalue weighted by atomic mass is 9.95. The van der Waals surface area contributed by atoms with Gasteiger partial charge in [0.25, 0.3) is 0 Å². The molecule has 1 aliphatic rings. The summed E-state index contributed by atoms with van der Waals surface area (Å²) in [6.07, 6.45) is 6.67. The summed E-state index contributed by atoms with van der Waals surface area (Å²) in [6, 6.07) is 0.600. The first-order chi connectivity index (χ1) is 8.65. The molecule has 0 spiro atoms. The Balaban J connectivity index is 1.70. The molecule has 4 heteroatoms. The van der Waals surface area contributed by atoms with Crippen molar-refractivity contribution in [1.29, 1.82) is 0 Å². The number of hydrogen-bond acceptors (Lipinski definition) is 3. The van der Waals surface area contributed by atoms with Crippen molar-refractivity contribution >= 4 is 0 Å². The highest BCUT2D eigenvalue weighted by Gasteiger charge is 2.24. The largest absolute Gasteiger partial charge is 0.378 e. The van der Waals surface area contributed by atoms with Crippen molar-refractivity contribution in [1.82, 2.24) is 15.1 Å². The molecule has 0 aliphatic carbocycles. The molecule has 0 radical (unpaired) electrons. The van der Waals surface area contributed by atoms with Crippen molar-refractivity contribution in [3.05, 3.63) is 18.0 Å². The fourth-order valence-electron chi connectivity index (χ4n) is 2.45. The predicted molar refractivity (Wildman–Crippen MR) is 72.6 cm³/mol. The molecule has 0 aromatic carbocycles. The molecule has 1 fully saturated rings. The molecule has 4 nitrogen and oxygen atoms in total. The van der Waals surface area contributed by atoms with Crippen LogP contribution in [0.15, 0.2) is 12.4 Å². The Bertz CT molecular complexity index is 362. The maximum absolute atomic E-state index is 5.78. The van der Waals surface area contributed by atoms with E-state index in [1.54, 1.807) is 0 Å². The molecule has 0 amide bonds. The summed E-state index contributed by atoms with van der Waals surface area (Å²) in [5, 5.41) is 7.92. The van der Waals surface area contributed by atoms with Gasteiger partial charge in [-0.2, -0.15) is 5.10 Å². The molecule has 1 aliphatic heterocycles. The maximum Gasteiger partial charge on any atom is 0.0612 e. The van der Waals surface area contributed by atoms with Crippen LogP contribution in [-0.2, 0) is 11.3 Å². The Morgan fingerprint density at radius 1 is 1.56 bits per heavy atom. The highest BCUT2D eigenvalue weighted by atomic mass is 16.5. The van der Waals surface area contributed by atoms with E-state index in [9.17, 15) is 0 Å². The minimum absolute atomic E-state index is 0.420. The van der Waals surface area contributed by atoms with Crippen LogP contribution in [0.2, 0.25) is 0 Å². The van der Waals surface area contributed by atoms with Gasteiger partial charge in [0, 0.05) is 25.4 Å². The summed E-state index contributed by atoms with van der Waals surface area (Å²) in [5.74, 6) is 0.614. The second kappa shape index (κ2) is 6.34. The van der Waals surface area contributed by atoms with E-state index in [0.29, 0.717) is 18.1 Å². The van der Waals surface area contributed by atoms with Gasteiger partial charge in [0.15, 0.2) is 0 Å². The first-order valence-electron chi connectivity index (χ1n) is 6.99. The van der Waals surface area contributed by atoms with Crippen molar-refractivity contribution < 1.29 is 4.74 Å². The first kappa shape index (κ1) is 13.6. The van der Waals surface area contributed by atoms with Crippen LogP contribution in [0.25, 0.3) is 0 Å². The molecule has 2 atom stereocenters. The van der Waals surface area contributed by atoms with Crippen LogP contribution in [0.3, 0.4) is 0 Å². The van der Waals surface area contributed by atoms with Crippen molar-refractivity contribution in [3.8, 4) is 0 Å². The van der Waals surface area contributed by atoms with Crippen molar-refractivity contribution in [3.63, 3.8) is 0 Å². The highest BCUT2D eigenvalue weighted by molar-refractivity contribution is 4.99. The lowest BCUT2D eigenvalue weighted by Crippen LogP contribution is -2.41. The minimum Gasteiger partial charge on any atom is -0.378 e. The molecule has 2 unspecified atom stereocenters. The topological polar surface area (TPSA) is 39.1 Å². The lowest BCUT2D eigenvalue weighted by molar-refractivity contribution is -0.0243. The number of aryl methyl sites for hydroxylation is 1. The fourth-order valence-corrected chi connectivity index (χ4v) is 2.45. The van der Waals surface area contributed by atoms with Crippen LogP contribution < -0.4 is 5.32 Å². The summed E-state index contributed by atoms with van der Waals surface area (Å²) in [4.78, 5) is 0. The normalized spacial score (nSPS) is 24.7. The molecule has 1 aromatic rings. The first-order valence-corrected chi connectivity index (χ1v) is 6.99. The minimum atomic E-state index is 0.420. The van der Waals surface area contributed by atoms with E-state index in [1.807, 2.05) is 10.9 Å². The van der Waals surface area contributed by atoms with E-state index in [-0.39, 0.29) is 0 Å². The zero-order valence-corrected chi connectivity index (χ0v) is 11.7. The maximum atomic E-state index is 5.78. The van der Waals surface area contributed by atoms with Gasteiger partial charge in [-0.15, -0.1) is 0 Å². The Labute approximate surface area is 110 Å². The number of ether oxygens (including phenoxy) is 1. The lowest BCUT2D eigenvalue weighted by Gasteiger charge is -2.32. The van der Waals surface area contributed by atoms with Gasteiger partial charge in [-0.25, -0.2) is 0 Å². The molecule has 0 bridgehead atoms. The van der Waals surface area contributed by atoms with Gasteiger partial charge in [-0.05, 0) is 31.2 Å². The van der Waals surface area contributed by atoms with Crippen LogP contribution in [0.1, 0.15) is 32.3 Å². The molecule has 0 saturated carbocycles. The number of nitrogens with one attached hydrogen (secondary N) is 1. The van der Waals surface area contributed by atoms with Gasteiger partial charge in [0.05, 0.1) is 18.8 Å². The van der Waals surface area contributed by atoms with Crippen molar-refractivity contribution in [2.75, 3.05) is 13.2 Å². The standard InChI is InChI=1S/C14H25N3O/c1-11(2)14-8-13(4-7-18-14)15-5-6-17-10-12(3)9-16-17/h9-11,13-15H,4-8H2,1-3H3. The Kier molecular flexibility index (Phi) is 4.78. The molecule has 102 valence electrons. The van der Waals surface area contributed by atoms with E-state index < -0.39 is 0 Å². The Hall–Kier alpha value is -0.870. The van der Waals surface area contributed by atoms with Crippen LogP contribution in [-0.4, -0.2) is 35.1 Å². The summed E-state index contributed by atoms with van der Waals surface area (Å²) < 4.78 is 7.78. The third kappa shape index (κ3) is 3.82. The molecule has 1 saturated heterocycles. The van der Waals surface area contributed by atoms with Gasteiger partial charge in [0.1, 0.15) is 0 Å². The molecular formula is C14H25N3O. The Morgan fingerprint density at radius 2 is 2.39 bits per heavy atom. The molecule has 1 aromatic heterocycles. The van der Waals surface area contributed by atoms with Gasteiger partial charge in [0.2, 0.25) is 0 Å². The second-order valence-corrected chi connectivity index (χ2v) is 5.61. The van der Waals surface area contributed by atoms with Gasteiger partial charge in [-0.3, -0.25) is 4.68 Å². The summed E-state index contributed by atoms with van der Waals surface area (Å²) in [7, 11) is 0. The van der Waals surface area contributed by atoms with Gasteiger partial charge < -0.3 is 10.1 Å². The average molecular weight is 251 g/mol. The molecule has 1 N–H and O–H groups in total. The van der Waals surface area contributed by atoms with Crippen LogP contribution in [0, 0.1) is 12.8 Å². The summed E-state index contributed by atoms with van der Waals surface area (Å²) in [6.45, 7) is 9.36. The summed E-state index contributed by atoms with van der Waals surface area (Å²) >= 11 is 0. The van der Waals surface area contributed by atoms with Crippen molar-refractivity contribution in [2.45, 2.75) is 52.3 Å². The van der Waals surface area contributed by atoms with E-state index in [0.717, 1.165) is 32.5 Å². The average Bonchev–Trinajstić information content (AvgIpc) is 2.75. The summed E-state index contributed by atoms with van der Waals surface area (Å²) in [5.41, 5.74) is 1.22. The number of nitrogens with zero attached hydrogens (tertiary/aromatic N) is 2. The van der Waals surface area contributed by atoms with Gasteiger partial charge >= 0.3 is 0 Å². The van der Waals surface area contributed by atoms with Crippen LogP contribution in [0.5, 0.6) is 0 Å². The molecule has 2 heterocycles. The van der Waals surface area contributed by atoms with E-state index >= 15 is 0 Å². The fraction of sp³-hybridized carbons (Fsp3) is 0.786. The number of hydrogen-bond donors (Lipinski definition) is 1. The third-order valence-electron chi connectivity index (χ3n) is 3.59. The SMILES string of the molecule is Cc1cnn(CCNC2CCOC(C(C)C)C2)c1. The zero-order valence-electron chi connectivity index (χ0n) is 11.7. The molecular weight excluding hydrogens is 226 g/mol. The second-order valence-electron chi connectivity index (χ2n) is 5.61. The molecule has 2 rings (SSSR count). The smallest absolute Gasteiger partial charge is 0.0612 e. The van der Waals surface area contributed by atoms with E-state index in [4.69, 9.17) is 4.74 Å². The predicted octanol–water partition coefficient (Wildman–Crippen LogP) is 1.98. The quantitative estimate of drug-likeness (QED) is 0.870. The third-order valence-corrected chi connectivity index (χ3v) is 3.59. The zero-order chi connectivity index (χ0) is 13.0. The van der Waals surface area contributed by atoms with Crippen molar-refractivity contribution in [2.24, 2.45) is 5.92 Å². The number of rotatable bonds is 5. The van der Waals surface area contributed by atoms with E-state index in [1.165, 1.54) is 5.56 Å². The Morgan fingerprint density at radius 3 is 3.06 bits per heavy atom.